The maximum absolute atomic E-state index is 12.2. The van der Waals surface area contributed by atoms with Gasteiger partial charge in [-0.25, -0.2) is 0 Å². The highest BCUT2D eigenvalue weighted by molar-refractivity contribution is 5.92. The summed E-state index contributed by atoms with van der Waals surface area (Å²) in [6.45, 7) is 6.09. The Labute approximate surface area is 157 Å². The first-order valence-electron chi connectivity index (χ1n) is 8.52. The highest BCUT2D eigenvalue weighted by Crippen LogP contribution is 2.31. The summed E-state index contributed by atoms with van der Waals surface area (Å²) < 4.78 is 16.3. The van der Waals surface area contributed by atoms with Gasteiger partial charge >= 0.3 is 5.69 Å². The highest BCUT2D eigenvalue weighted by atomic mass is 16.6. The van der Waals surface area contributed by atoms with Crippen LogP contribution in [0, 0.1) is 17.0 Å². The van der Waals surface area contributed by atoms with Gasteiger partial charge in [0.25, 0.3) is 5.91 Å². The number of anilines is 1. The number of carbonyl (C=O) groups excluding carboxylic acids is 1. The van der Waals surface area contributed by atoms with Crippen LogP contribution < -0.4 is 19.5 Å². The Morgan fingerprint density at radius 3 is 2.37 bits per heavy atom. The second kappa shape index (κ2) is 9.42. The molecule has 144 valence electrons. The third-order valence-electron chi connectivity index (χ3n) is 3.50. The summed E-state index contributed by atoms with van der Waals surface area (Å²) in [6, 6.07) is 9.53. The normalized spacial score (nSPS) is 10.2. The van der Waals surface area contributed by atoms with E-state index >= 15 is 0 Å². The van der Waals surface area contributed by atoms with Crippen LogP contribution in [0.5, 0.6) is 17.2 Å². The Balaban J connectivity index is 2.05. The number of hydrogen-bond donors (Lipinski definition) is 1. The van der Waals surface area contributed by atoms with Crippen molar-refractivity contribution in [1.29, 1.82) is 0 Å². The molecular formula is C19H22N2O6. The second-order valence-electron chi connectivity index (χ2n) is 5.59. The molecule has 0 heterocycles. The van der Waals surface area contributed by atoms with Gasteiger partial charge in [0.05, 0.1) is 18.1 Å². The van der Waals surface area contributed by atoms with Crippen LogP contribution in [0.1, 0.15) is 19.4 Å². The van der Waals surface area contributed by atoms with Crippen LogP contribution in [0.15, 0.2) is 36.4 Å². The first kappa shape index (κ1) is 20.0. The van der Waals surface area contributed by atoms with Gasteiger partial charge in [-0.05, 0) is 44.5 Å². The summed E-state index contributed by atoms with van der Waals surface area (Å²) >= 11 is 0. The van der Waals surface area contributed by atoms with Crippen molar-refractivity contribution in [2.45, 2.75) is 20.8 Å². The zero-order valence-corrected chi connectivity index (χ0v) is 15.5. The maximum atomic E-state index is 12.2. The van der Waals surface area contributed by atoms with Gasteiger partial charge < -0.3 is 19.5 Å². The van der Waals surface area contributed by atoms with Crippen LogP contribution in [-0.4, -0.2) is 30.7 Å². The molecule has 0 saturated heterocycles. The van der Waals surface area contributed by atoms with Crippen molar-refractivity contribution in [3.05, 3.63) is 52.1 Å². The van der Waals surface area contributed by atoms with Crippen molar-refractivity contribution >= 4 is 17.3 Å². The van der Waals surface area contributed by atoms with E-state index < -0.39 is 10.8 Å². The number of aryl methyl sites for hydroxylation is 1. The van der Waals surface area contributed by atoms with Gasteiger partial charge in [-0.15, -0.1) is 0 Å². The van der Waals surface area contributed by atoms with Gasteiger partial charge in [0.2, 0.25) is 0 Å². The molecule has 0 aliphatic heterocycles. The average Bonchev–Trinajstić information content (AvgIpc) is 2.62. The predicted octanol–water partition coefficient (Wildman–Crippen LogP) is 3.72. The number of hydrogen-bond acceptors (Lipinski definition) is 6. The standard InChI is InChI=1S/C19H22N2O6/c1-4-25-16-9-7-14(11-18(16)26-5-2)20-19(22)12-27-17-10-13(3)6-8-15(17)21(23)24/h6-11H,4-5,12H2,1-3H3,(H,20,22). The Hall–Kier alpha value is -3.29. The van der Waals surface area contributed by atoms with Crippen molar-refractivity contribution in [1.82, 2.24) is 0 Å². The molecule has 0 aliphatic rings. The molecule has 0 bridgehead atoms. The summed E-state index contributed by atoms with van der Waals surface area (Å²) in [7, 11) is 0. The van der Waals surface area contributed by atoms with Gasteiger partial charge in [-0.2, -0.15) is 0 Å². The number of rotatable bonds is 9. The number of benzene rings is 2. The van der Waals surface area contributed by atoms with Gasteiger partial charge in [0.1, 0.15) is 0 Å². The summed E-state index contributed by atoms with van der Waals surface area (Å²) in [4.78, 5) is 22.7. The Morgan fingerprint density at radius 1 is 1.00 bits per heavy atom. The minimum atomic E-state index is -0.548. The van der Waals surface area contributed by atoms with E-state index in [1.54, 1.807) is 31.2 Å². The van der Waals surface area contributed by atoms with E-state index in [9.17, 15) is 14.9 Å². The molecule has 1 amide bonds. The first-order valence-corrected chi connectivity index (χ1v) is 8.52. The van der Waals surface area contributed by atoms with E-state index in [0.29, 0.717) is 30.4 Å². The molecule has 8 heteroatoms. The Kier molecular flexibility index (Phi) is 6.99. The van der Waals surface area contributed by atoms with Crippen LogP contribution in [0.4, 0.5) is 11.4 Å². The molecule has 8 nitrogen and oxygen atoms in total. The quantitative estimate of drug-likeness (QED) is 0.530. The molecule has 2 aromatic carbocycles. The van der Waals surface area contributed by atoms with Gasteiger partial charge in [0, 0.05) is 17.8 Å². The number of ether oxygens (including phenoxy) is 3. The van der Waals surface area contributed by atoms with E-state index in [1.807, 2.05) is 13.8 Å². The lowest BCUT2D eigenvalue weighted by Crippen LogP contribution is -2.20. The first-order chi connectivity index (χ1) is 12.9. The molecular weight excluding hydrogens is 352 g/mol. The second-order valence-corrected chi connectivity index (χ2v) is 5.59. The predicted molar refractivity (Wildman–Crippen MR) is 101 cm³/mol. The van der Waals surface area contributed by atoms with Crippen molar-refractivity contribution in [2.24, 2.45) is 0 Å². The largest absolute Gasteiger partial charge is 0.490 e. The molecule has 2 rings (SSSR count). The SMILES string of the molecule is CCOc1ccc(NC(=O)COc2cc(C)ccc2[N+](=O)[O-])cc1OCC. The van der Waals surface area contributed by atoms with Gasteiger partial charge in [-0.3, -0.25) is 14.9 Å². The third-order valence-corrected chi connectivity index (χ3v) is 3.50. The van der Waals surface area contributed by atoms with E-state index in [1.165, 1.54) is 12.1 Å². The molecule has 0 unspecified atom stereocenters. The molecule has 0 atom stereocenters. The number of nitrogens with zero attached hydrogens (tertiary/aromatic N) is 1. The lowest BCUT2D eigenvalue weighted by Gasteiger charge is -2.13. The number of nitro groups is 1. The lowest BCUT2D eigenvalue weighted by atomic mass is 10.2. The maximum Gasteiger partial charge on any atom is 0.310 e. The van der Waals surface area contributed by atoms with Crippen LogP contribution in [0.2, 0.25) is 0 Å². The number of nitro benzene ring substituents is 1. The number of carbonyl (C=O) groups is 1. The molecule has 27 heavy (non-hydrogen) atoms. The van der Waals surface area contributed by atoms with E-state index in [-0.39, 0.29) is 18.0 Å². The van der Waals surface area contributed by atoms with E-state index in [0.717, 1.165) is 5.56 Å². The molecule has 0 fully saturated rings. The average molecular weight is 374 g/mol. The van der Waals surface area contributed by atoms with Crippen molar-refractivity contribution in [3.63, 3.8) is 0 Å². The highest BCUT2D eigenvalue weighted by Gasteiger charge is 2.16. The summed E-state index contributed by atoms with van der Waals surface area (Å²) in [5.74, 6) is 0.714. The third kappa shape index (κ3) is 5.60. The molecule has 0 spiro atoms. The lowest BCUT2D eigenvalue weighted by molar-refractivity contribution is -0.385. The smallest absolute Gasteiger partial charge is 0.310 e. The van der Waals surface area contributed by atoms with Crippen molar-refractivity contribution in [2.75, 3.05) is 25.1 Å². The Bertz CT molecular complexity index is 822. The number of amides is 1. The van der Waals surface area contributed by atoms with Crippen LogP contribution >= 0.6 is 0 Å². The summed E-state index contributed by atoms with van der Waals surface area (Å²) in [5.41, 5.74) is 1.12. The Morgan fingerprint density at radius 2 is 1.70 bits per heavy atom. The molecule has 0 aliphatic carbocycles. The minimum absolute atomic E-state index is 0.0526. The number of nitrogens with one attached hydrogen (secondary N) is 1. The van der Waals surface area contributed by atoms with Gasteiger partial charge in [0.15, 0.2) is 23.9 Å². The molecule has 0 saturated carbocycles. The minimum Gasteiger partial charge on any atom is -0.490 e. The van der Waals surface area contributed by atoms with Crippen LogP contribution in [-0.2, 0) is 4.79 Å². The van der Waals surface area contributed by atoms with E-state index in [4.69, 9.17) is 14.2 Å². The molecule has 0 radical (unpaired) electrons. The summed E-state index contributed by atoms with van der Waals surface area (Å²) in [6.07, 6.45) is 0. The molecule has 2 aromatic rings. The monoisotopic (exact) mass is 374 g/mol. The zero-order valence-electron chi connectivity index (χ0n) is 15.5. The molecule has 1 N–H and O–H groups in total. The van der Waals surface area contributed by atoms with E-state index in [2.05, 4.69) is 5.32 Å². The topological polar surface area (TPSA) is 99.9 Å². The fourth-order valence-electron chi connectivity index (χ4n) is 2.36. The van der Waals surface area contributed by atoms with Crippen LogP contribution in [0.25, 0.3) is 0 Å². The van der Waals surface area contributed by atoms with Crippen molar-refractivity contribution in [3.8, 4) is 17.2 Å². The fourth-order valence-corrected chi connectivity index (χ4v) is 2.36. The van der Waals surface area contributed by atoms with Crippen molar-refractivity contribution < 1.29 is 23.9 Å². The van der Waals surface area contributed by atoms with Gasteiger partial charge in [-0.1, -0.05) is 6.07 Å². The zero-order chi connectivity index (χ0) is 19.8. The fraction of sp³-hybridized carbons (Fsp3) is 0.316. The van der Waals surface area contributed by atoms with Crippen LogP contribution in [0.3, 0.4) is 0 Å². The molecule has 0 aromatic heterocycles. The summed E-state index contributed by atoms with van der Waals surface area (Å²) in [5, 5.41) is 13.7.